The Morgan fingerprint density at radius 2 is 2.00 bits per heavy atom. The quantitative estimate of drug-likeness (QED) is 0.532. The number of aromatic nitrogens is 8. The SMILES string of the molecule is O=S(=O)(c1cnc[nH]1)N1CCC(c2nnc3ccc(-n4cccn4)nn23)CC1. The molecule has 5 heterocycles. The molecule has 11 nitrogen and oxygen atoms in total. The molecule has 0 radical (unpaired) electrons. The molecule has 0 unspecified atom stereocenters. The molecule has 12 heteroatoms. The minimum absolute atomic E-state index is 0.0728. The first-order valence-corrected chi connectivity index (χ1v) is 10.3. The summed E-state index contributed by atoms with van der Waals surface area (Å²) in [5.74, 6) is 1.48. The van der Waals surface area contributed by atoms with E-state index in [1.807, 2.05) is 24.4 Å². The van der Waals surface area contributed by atoms with Gasteiger partial charge in [-0.05, 0) is 31.0 Å². The molecule has 4 aromatic rings. The maximum absolute atomic E-state index is 12.6. The Labute approximate surface area is 160 Å². The van der Waals surface area contributed by atoms with Gasteiger partial charge in [-0.3, -0.25) is 0 Å². The van der Waals surface area contributed by atoms with Gasteiger partial charge in [-0.15, -0.1) is 15.3 Å². The van der Waals surface area contributed by atoms with E-state index in [1.54, 1.807) is 15.4 Å². The fourth-order valence-electron chi connectivity index (χ4n) is 3.45. The average molecular weight is 399 g/mol. The van der Waals surface area contributed by atoms with Crippen molar-refractivity contribution in [3.05, 3.63) is 48.9 Å². The zero-order valence-electron chi connectivity index (χ0n) is 14.7. The molecule has 4 aromatic heterocycles. The minimum atomic E-state index is -3.54. The third kappa shape index (κ3) is 2.77. The highest BCUT2D eigenvalue weighted by Crippen LogP contribution is 2.29. The maximum Gasteiger partial charge on any atom is 0.260 e. The van der Waals surface area contributed by atoms with E-state index >= 15 is 0 Å². The van der Waals surface area contributed by atoms with Crippen LogP contribution in [0.3, 0.4) is 0 Å². The molecule has 0 atom stereocenters. The molecule has 28 heavy (non-hydrogen) atoms. The van der Waals surface area contributed by atoms with Gasteiger partial charge in [-0.25, -0.2) is 18.1 Å². The Bertz CT molecular complexity index is 1190. The van der Waals surface area contributed by atoms with Crippen LogP contribution in [0.15, 0.2) is 48.1 Å². The Morgan fingerprint density at radius 1 is 1.14 bits per heavy atom. The van der Waals surface area contributed by atoms with Gasteiger partial charge in [0.1, 0.15) is 0 Å². The van der Waals surface area contributed by atoms with Gasteiger partial charge in [0.05, 0.1) is 12.5 Å². The molecule has 1 fully saturated rings. The van der Waals surface area contributed by atoms with Crippen molar-refractivity contribution in [2.75, 3.05) is 13.1 Å². The predicted molar refractivity (Wildman–Crippen MR) is 97.2 cm³/mol. The van der Waals surface area contributed by atoms with Crippen LogP contribution in [0.25, 0.3) is 11.5 Å². The number of nitrogens with one attached hydrogen (secondary N) is 1. The maximum atomic E-state index is 12.6. The van der Waals surface area contributed by atoms with E-state index in [9.17, 15) is 8.42 Å². The minimum Gasteiger partial charge on any atom is -0.335 e. The van der Waals surface area contributed by atoms with Crippen LogP contribution < -0.4 is 0 Å². The zero-order valence-corrected chi connectivity index (χ0v) is 15.6. The van der Waals surface area contributed by atoms with Gasteiger partial charge in [0.2, 0.25) is 0 Å². The third-order valence-corrected chi connectivity index (χ3v) is 6.75. The lowest BCUT2D eigenvalue weighted by Crippen LogP contribution is -2.38. The summed E-state index contributed by atoms with van der Waals surface area (Å²) in [4.78, 5) is 6.48. The first-order chi connectivity index (χ1) is 13.6. The number of fused-ring (bicyclic) bond motifs is 1. The van der Waals surface area contributed by atoms with Gasteiger partial charge in [0.15, 0.2) is 22.3 Å². The van der Waals surface area contributed by atoms with E-state index in [-0.39, 0.29) is 10.9 Å². The highest BCUT2D eigenvalue weighted by Gasteiger charge is 2.32. The van der Waals surface area contributed by atoms with Crippen LogP contribution in [0.5, 0.6) is 0 Å². The van der Waals surface area contributed by atoms with Gasteiger partial charge in [0.25, 0.3) is 10.0 Å². The number of imidazole rings is 1. The summed E-state index contributed by atoms with van der Waals surface area (Å²) < 4.78 is 30.1. The Kier molecular flexibility index (Phi) is 3.94. The smallest absolute Gasteiger partial charge is 0.260 e. The zero-order chi connectivity index (χ0) is 19.1. The van der Waals surface area contributed by atoms with Gasteiger partial charge in [0, 0.05) is 31.4 Å². The summed E-state index contributed by atoms with van der Waals surface area (Å²) in [5.41, 5.74) is 0.651. The highest BCUT2D eigenvalue weighted by atomic mass is 32.2. The summed E-state index contributed by atoms with van der Waals surface area (Å²) in [6, 6.07) is 5.51. The van der Waals surface area contributed by atoms with Crippen molar-refractivity contribution >= 4 is 15.7 Å². The molecule has 0 spiro atoms. The van der Waals surface area contributed by atoms with Crippen LogP contribution in [-0.4, -0.2) is 65.4 Å². The lowest BCUT2D eigenvalue weighted by molar-refractivity contribution is 0.310. The molecule has 1 aliphatic heterocycles. The molecule has 0 saturated carbocycles. The second-order valence-corrected chi connectivity index (χ2v) is 8.47. The van der Waals surface area contributed by atoms with E-state index < -0.39 is 10.0 Å². The number of rotatable bonds is 4. The topological polar surface area (TPSA) is 127 Å². The summed E-state index contributed by atoms with van der Waals surface area (Å²) in [7, 11) is -3.54. The second kappa shape index (κ2) is 6.49. The number of nitrogens with zero attached hydrogens (tertiary/aromatic N) is 8. The average Bonchev–Trinajstić information content (AvgIpc) is 3.49. The van der Waals surface area contributed by atoms with E-state index in [2.05, 4.69) is 30.4 Å². The molecule has 0 amide bonds. The van der Waals surface area contributed by atoms with E-state index in [0.29, 0.717) is 37.4 Å². The van der Waals surface area contributed by atoms with Crippen molar-refractivity contribution in [3.8, 4) is 5.82 Å². The number of hydrogen-bond donors (Lipinski definition) is 1. The third-order valence-electron chi connectivity index (χ3n) is 4.92. The fraction of sp³-hybridized carbons (Fsp3) is 0.312. The van der Waals surface area contributed by atoms with Crippen LogP contribution in [0.1, 0.15) is 24.6 Å². The van der Waals surface area contributed by atoms with Gasteiger partial charge < -0.3 is 4.98 Å². The molecule has 0 aliphatic carbocycles. The molecule has 1 aliphatic rings. The van der Waals surface area contributed by atoms with Crippen LogP contribution in [0.2, 0.25) is 0 Å². The molecule has 5 rings (SSSR count). The Balaban J connectivity index is 1.39. The van der Waals surface area contributed by atoms with E-state index in [0.717, 1.165) is 5.82 Å². The van der Waals surface area contributed by atoms with Crippen molar-refractivity contribution < 1.29 is 8.42 Å². The van der Waals surface area contributed by atoms with Crippen molar-refractivity contribution in [1.29, 1.82) is 0 Å². The highest BCUT2D eigenvalue weighted by molar-refractivity contribution is 7.89. The monoisotopic (exact) mass is 399 g/mol. The number of H-pyrrole nitrogens is 1. The lowest BCUT2D eigenvalue weighted by atomic mass is 9.97. The predicted octanol–water partition coefficient (Wildman–Crippen LogP) is 0.601. The first kappa shape index (κ1) is 17.0. The molecule has 1 N–H and O–H groups in total. The Hall–Kier alpha value is -3.12. The number of hydrogen-bond acceptors (Lipinski definition) is 7. The van der Waals surface area contributed by atoms with Gasteiger partial charge >= 0.3 is 0 Å². The summed E-state index contributed by atoms with van der Waals surface area (Å²) in [6.45, 7) is 0.805. The van der Waals surface area contributed by atoms with Crippen molar-refractivity contribution in [2.45, 2.75) is 23.8 Å². The van der Waals surface area contributed by atoms with Crippen LogP contribution in [0.4, 0.5) is 0 Å². The first-order valence-electron chi connectivity index (χ1n) is 8.84. The largest absolute Gasteiger partial charge is 0.335 e. The van der Waals surface area contributed by atoms with Crippen LogP contribution in [-0.2, 0) is 10.0 Å². The van der Waals surface area contributed by atoms with Crippen molar-refractivity contribution in [1.82, 2.24) is 43.9 Å². The Morgan fingerprint density at radius 3 is 2.71 bits per heavy atom. The summed E-state index contributed by atoms with van der Waals surface area (Å²) in [5, 5.41) is 17.4. The van der Waals surface area contributed by atoms with Gasteiger partial charge in [-0.1, -0.05) is 0 Å². The van der Waals surface area contributed by atoms with Crippen LogP contribution in [0, 0.1) is 0 Å². The van der Waals surface area contributed by atoms with Crippen LogP contribution >= 0.6 is 0 Å². The molecule has 144 valence electrons. The second-order valence-electron chi connectivity index (χ2n) is 6.56. The van der Waals surface area contributed by atoms with Gasteiger partial charge in [-0.2, -0.15) is 13.9 Å². The lowest BCUT2D eigenvalue weighted by Gasteiger charge is -2.29. The normalized spacial score (nSPS) is 16.7. The van der Waals surface area contributed by atoms with E-state index in [1.165, 1.54) is 16.8 Å². The standard InChI is InChI=1S/C16H17N9O2S/c26-28(27,15-10-17-11-18-15)23-8-4-12(5-9-23)16-21-20-13-2-3-14(22-25(13)16)24-7-1-6-19-24/h1-3,6-7,10-12H,4-5,8-9H2,(H,17,18). The number of aromatic amines is 1. The van der Waals surface area contributed by atoms with Crippen molar-refractivity contribution in [3.63, 3.8) is 0 Å². The fourth-order valence-corrected chi connectivity index (χ4v) is 4.82. The van der Waals surface area contributed by atoms with E-state index in [4.69, 9.17) is 0 Å². The molecule has 0 aromatic carbocycles. The molecule has 1 saturated heterocycles. The summed E-state index contributed by atoms with van der Waals surface area (Å²) >= 11 is 0. The van der Waals surface area contributed by atoms with Crippen molar-refractivity contribution in [2.24, 2.45) is 0 Å². The number of piperidine rings is 1. The summed E-state index contributed by atoms with van der Waals surface area (Å²) in [6.07, 6.45) is 7.48. The molecular weight excluding hydrogens is 382 g/mol. The molecular formula is C16H17N9O2S. The molecule has 0 bridgehead atoms. The number of sulfonamides is 1.